The molecule has 0 unspecified atom stereocenters. The van der Waals surface area contributed by atoms with E-state index < -0.39 is 0 Å². The Morgan fingerprint density at radius 3 is 2.73 bits per heavy atom. The molecule has 1 fully saturated rings. The first-order chi connectivity index (χ1) is 7.38. The van der Waals surface area contributed by atoms with Gasteiger partial charge in [-0.15, -0.1) is 0 Å². The largest absolute Gasteiger partial charge is 0.466 e. The van der Waals surface area contributed by atoms with Crippen molar-refractivity contribution in [3.63, 3.8) is 0 Å². The van der Waals surface area contributed by atoms with E-state index in [-0.39, 0.29) is 24.9 Å². The average molecular weight is 204 g/mol. The summed E-state index contributed by atoms with van der Waals surface area (Å²) in [4.78, 5) is 0. The van der Waals surface area contributed by atoms with Crippen LogP contribution in [0.5, 0.6) is 0 Å². The molecule has 0 saturated carbocycles. The lowest BCUT2D eigenvalue weighted by atomic mass is 9.90. The number of fused-ring (bicyclic) bond motifs is 1. The normalized spacial score (nSPS) is 32.6. The Kier molecular flexibility index (Phi) is 2.01. The molecule has 0 aliphatic carbocycles. The van der Waals surface area contributed by atoms with Gasteiger partial charge in [0.2, 0.25) is 6.29 Å². The second-order valence-corrected chi connectivity index (χ2v) is 3.82. The Hall–Kier alpha value is -1.32. The summed E-state index contributed by atoms with van der Waals surface area (Å²) < 4.78 is 10.9. The Bertz CT molecular complexity index is 385. The minimum absolute atomic E-state index is 0.0438. The summed E-state index contributed by atoms with van der Waals surface area (Å²) in [6.45, 7) is -0.0438. The van der Waals surface area contributed by atoms with Gasteiger partial charge in [0, 0.05) is 0 Å². The molecule has 3 nitrogen and oxygen atoms in total. The van der Waals surface area contributed by atoms with Crippen LogP contribution in [0.25, 0.3) is 0 Å². The molecular formula is C12H12O3. The van der Waals surface area contributed by atoms with E-state index in [1.807, 2.05) is 36.4 Å². The zero-order valence-corrected chi connectivity index (χ0v) is 8.17. The molecule has 0 aromatic heterocycles. The second-order valence-electron chi connectivity index (χ2n) is 3.82. The highest BCUT2D eigenvalue weighted by molar-refractivity contribution is 5.24. The van der Waals surface area contributed by atoms with Gasteiger partial charge in [-0.1, -0.05) is 30.3 Å². The smallest absolute Gasteiger partial charge is 0.209 e. The first kappa shape index (κ1) is 8.95. The molecule has 2 aliphatic heterocycles. The number of aliphatic hydroxyl groups excluding tert-OH is 1. The number of ether oxygens (including phenoxy) is 2. The predicted molar refractivity (Wildman–Crippen MR) is 53.8 cm³/mol. The highest BCUT2D eigenvalue weighted by atomic mass is 16.7. The van der Waals surface area contributed by atoms with Crippen LogP contribution >= 0.6 is 0 Å². The van der Waals surface area contributed by atoms with Crippen LogP contribution in [0.3, 0.4) is 0 Å². The van der Waals surface area contributed by atoms with Gasteiger partial charge >= 0.3 is 0 Å². The summed E-state index contributed by atoms with van der Waals surface area (Å²) in [6, 6.07) is 10.1. The van der Waals surface area contributed by atoms with Crippen molar-refractivity contribution in [1.29, 1.82) is 0 Å². The van der Waals surface area contributed by atoms with Gasteiger partial charge in [0.1, 0.15) is 12.4 Å². The summed E-state index contributed by atoms with van der Waals surface area (Å²) in [5.41, 5.74) is 1.16. The third kappa shape index (κ3) is 1.35. The molecule has 3 rings (SSSR count). The predicted octanol–water partition coefficient (Wildman–Crippen LogP) is 1.61. The third-order valence-electron chi connectivity index (χ3n) is 2.87. The molecule has 1 saturated heterocycles. The van der Waals surface area contributed by atoms with E-state index >= 15 is 0 Å². The van der Waals surface area contributed by atoms with Crippen LogP contribution in [-0.4, -0.2) is 18.0 Å². The fourth-order valence-electron chi connectivity index (χ4n) is 2.09. The van der Waals surface area contributed by atoms with Crippen molar-refractivity contribution in [3.8, 4) is 0 Å². The van der Waals surface area contributed by atoms with Gasteiger partial charge in [-0.3, -0.25) is 0 Å². The second kappa shape index (κ2) is 3.36. The van der Waals surface area contributed by atoms with Crippen LogP contribution in [0.4, 0.5) is 0 Å². The maximum Gasteiger partial charge on any atom is 0.209 e. The number of hydrogen-bond acceptors (Lipinski definition) is 3. The van der Waals surface area contributed by atoms with Gasteiger partial charge in [0.05, 0.1) is 12.0 Å². The van der Waals surface area contributed by atoms with Crippen molar-refractivity contribution in [3.05, 3.63) is 47.7 Å². The fraction of sp³-hybridized carbons (Fsp3) is 0.333. The van der Waals surface area contributed by atoms with Crippen LogP contribution in [0.1, 0.15) is 11.7 Å². The van der Waals surface area contributed by atoms with E-state index in [4.69, 9.17) is 14.6 Å². The van der Waals surface area contributed by atoms with E-state index in [9.17, 15) is 0 Å². The molecule has 1 N–H and O–H groups in total. The van der Waals surface area contributed by atoms with E-state index in [2.05, 4.69) is 0 Å². The summed E-state index contributed by atoms with van der Waals surface area (Å²) in [5.74, 6) is 0.887. The number of aliphatic hydroxyl groups is 1. The molecule has 3 atom stereocenters. The maximum absolute atomic E-state index is 8.94. The molecule has 2 heterocycles. The monoisotopic (exact) mass is 204 g/mol. The SMILES string of the molecule is OCC1=C[C@H]2[C@@H](O1)O[C@@H]2c1ccccc1. The lowest BCUT2D eigenvalue weighted by Crippen LogP contribution is -2.39. The fourth-order valence-corrected chi connectivity index (χ4v) is 2.09. The van der Waals surface area contributed by atoms with Crippen LogP contribution < -0.4 is 0 Å². The van der Waals surface area contributed by atoms with Crippen molar-refractivity contribution in [2.24, 2.45) is 5.92 Å². The molecule has 1 aromatic carbocycles. The number of hydrogen-bond donors (Lipinski definition) is 1. The Morgan fingerprint density at radius 2 is 2.00 bits per heavy atom. The summed E-state index contributed by atoms with van der Waals surface area (Å²) >= 11 is 0. The van der Waals surface area contributed by atoms with Crippen LogP contribution in [0, 0.1) is 5.92 Å². The molecule has 78 valence electrons. The van der Waals surface area contributed by atoms with Crippen molar-refractivity contribution in [2.75, 3.05) is 6.61 Å². The van der Waals surface area contributed by atoms with E-state index in [0.717, 1.165) is 5.56 Å². The highest BCUT2D eigenvalue weighted by Gasteiger charge is 2.47. The maximum atomic E-state index is 8.94. The van der Waals surface area contributed by atoms with E-state index in [1.165, 1.54) is 0 Å². The van der Waals surface area contributed by atoms with Crippen LogP contribution in [0.15, 0.2) is 42.2 Å². The topological polar surface area (TPSA) is 38.7 Å². The van der Waals surface area contributed by atoms with Gasteiger partial charge in [0.25, 0.3) is 0 Å². The Labute approximate surface area is 87.9 Å². The lowest BCUT2D eigenvalue weighted by molar-refractivity contribution is -0.262. The van der Waals surface area contributed by atoms with Gasteiger partial charge in [-0.25, -0.2) is 0 Å². The van der Waals surface area contributed by atoms with Gasteiger partial charge in [-0.2, -0.15) is 0 Å². The molecular weight excluding hydrogens is 192 g/mol. The van der Waals surface area contributed by atoms with E-state index in [1.54, 1.807) is 0 Å². The van der Waals surface area contributed by atoms with Gasteiger partial charge in [0.15, 0.2) is 0 Å². The van der Waals surface area contributed by atoms with Gasteiger partial charge in [-0.05, 0) is 11.6 Å². The van der Waals surface area contributed by atoms with Gasteiger partial charge < -0.3 is 14.6 Å². The quantitative estimate of drug-likeness (QED) is 0.795. The zero-order valence-electron chi connectivity index (χ0n) is 8.17. The Balaban J connectivity index is 1.80. The minimum atomic E-state index is -0.183. The molecule has 0 amide bonds. The highest BCUT2D eigenvalue weighted by Crippen LogP contribution is 2.46. The lowest BCUT2D eigenvalue weighted by Gasteiger charge is -2.38. The molecule has 3 heteroatoms. The van der Waals surface area contributed by atoms with Crippen LogP contribution in [-0.2, 0) is 9.47 Å². The van der Waals surface area contributed by atoms with Crippen LogP contribution in [0.2, 0.25) is 0 Å². The first-order valence-electron chi connectivity index (χ1n) is 5.07. The average Bonchev–Trinajstić information content (AvgIpc) is 2.58. The standard InChI is InChI=1S/C12H12O3/c13-7-9-6-10-11(15-12(10)14-9)8-4-2-1-3-5-8/h1-6,10-13H,7H2/t10-,11-,12+/m1/s1. The Morgan fingerprint density at radius 1 is 1.20 bits per heavy atom. The summed E-state index contributed by atoms with van der Waals surface area (Å²) in [5, 5.41) is 8.94. The summed E-state index contributed by atoms with van der Waals surface area (Å²) in [6.07, 6.45) is 1.86. The number of benzene rings is 1. The van der Waals surface area contributed by atoms with Crippen molar-refractivity contribution in [2.45, 2.75) is 12.4 Å². The van der Waals surface area contributed by atoms with E-state index in [0.29, 0.717) is 5.76 Å². The molecule has 15 heavy (non-hydrogen) atoms. The molecule has 0 bridgehead atoms. The first-order valence-corrected chi connectivity index (χ1v) is 5.07. The van der Waals surface area contributed by atoms with Crippen molar-refractivity contribution in [1.82, 2.24) is 0 Å². The minimum Gasteiger partial charge on any atom is -0.466 e. The zero-order chi connectivity index (χ0) is 10.3. The number of rotatable bonds is 2. The molecule has 2 aliphatic rings. The van der Waals surface area contributed by atoms with Crippen molar-refractivity contribution >= 4 is 0 Å². The van der Waals surface area contributed by atoms with Crippen molar-refractivity contribution < 1.29 is 14.6 Å². The third-order valence-corrected chi connectivity index (χ3v) is 2.87. The summed E-state index contributed by atoms with van der Waals surface area (Å²) in [7, 11) is 0. The molecule has 0 radical (unpaired) electrons. The molecule has 1 aromatic rings. The molecule has 0 spiro atoms.